The van der Waals surface area contributed by atoms with Crippen LogP contribution in [0.5, 0.6) is 5.75 Å². The van der Waals surface area contributed by atoms with E-state index in [0.29, 0.717) is 12.3 Å². The molecule has 1 saturated heterocycles. The van der Waals surface area contributed by atoms with Gasteiger partial charge in [-0.15, -0.1) is 0 Å². The Hall–Kier alpha value is -2.97. The minimum Gasteiger partial charge on any atom is -0.487 e. The van der Waals surface area contributed by atoms with Crippen LogP contribution in [0.1, 0.15) is 22.8 Å². The van der Waals surface area contributed by atoms with Gasteiger partial charge in [0.1, 0.15) is 19.6 Å². The summed E-state index contributed by atoms with van der Waals surface area (Å²) >= 11 is 0. The number of ether oxygens (including phenoxy) is 2. The zero-order valence-electron chi connectivity index (χ0n) is 15.8. The highest BCUT2D eigenvalue weighted by molar-refractivity contribution is 6.04. The summed E-state index contributed by atoms with van der Waals surface area (Å²) < 4.78 is 10.6. The van der Waals surface area contributed by atoms with Crippen molar-refractivity contribution in [3.8, 4) is 5.75 Å². The molecule has 2 aromatic carbocycles. The van der Waals surface area contributed by atoms with Gasteiger partial charge in [-0.2, -0.15) is 0 Å². The number of hydrogen-bond acceptors (Lipinski definition) is 5. The summed E-state index contributed by atoms with van der Waals surface area (Å²) in [7, 11) is 0. The van der Waals surface area contributed by atoms with E-state index in [0.717, 1.165) is 32.8 Å². The Balaban J connectivity index is 1.65. The van der Waals surface area contributed by atoms with Crippen LogP contribution in [-0.4, -0.2) is 43.7 Å². The molecule has 0 aromatic heterocycles. The number of hydrogen-bond donors (Lipinski definition) is 2. The molecule has 28 heavy (non-hydrogen) atoms. The minimum absolute atomic E-state index is 0.152. The summed E-state index contributed by atoms with van der Waals surface area (Å²) in [5.74, 6) is -0.253. The zero-order chi connectivity index (χ0) is 19.9. The lowest BCUT2D eigenvalue weighted by molar-refractivity contribution is -0.921. The topological polar surface area (TPSA) is 95.1 Å². The number of nitrogens with zero attached hydrogens (tertiary/aromatic N) is 1. The van der Waals surface area contributed by atoms with Crippen molar-refractivity contribution in [2.45, 2.75) is 13.5 Å². The molecule has 0 saturated carbocycles. The molecule has 1 heterocycles. The Morgan fingerprint density at radius 1 is 1.21 bits per heavy atom. The number of nitro groups is 1. The SMILES string of the molecule is CCOc1ccc(C(=O)Nc2ccc(C[NH+]3CCOCC3)cc2)cc1[N+](=O)[O-]. The zero-order valence-corrected chi connectivity index (χ0v) is 15.8. The van der Waals surface area contributed by atoms with Crippen molar-refractivity contribution in [3.63, 3.8) is 0 Å². The van der Waals surface area contributed by atoms with Gasteiger partial charge >= 0.3 is 5.69 Å². The molecule has 8 heteroatoms. The van der Waals surface area contributed by atoms with E-state index in [4.69, 9.17) is 9.47 Å². The Morgan fingerprint density at radius 2 is 1.93 bits per heavy atom. The number of morpholine rings is 1. The summed E-state index contributed by atoms with van der Waals surface area (Å²) in [6, 6.07) is 11.9. The summed E-state index contributed by atoms with van der Waals surface area (Å²) in [5, 5.41) is 14.0. The number of anilines is 1. The second kappa shape index (κ2) is 9.29. The van der Waals surface area contributed by atoms with E-state index < -0.39 is 10.8 Å². The Kier molecular flexibility index (Phi) is 6.57. The van der Waals surface area contributed by atoms with Gasteiger partial charge in [-0.1, -0.05) is 12.1 Å². The quantitative estimate of drug-likeness (QED) is 0.557. The third-order valence-electron chi connectivity index (χ3n) is 4.58. The molecule has 3 rings (SSSR count). The highest BCUT2D eigenvalue weighted by atomic mass is 16.6. The van der Waals surface area contributed by atoms with Crippen molar-refractivity contribution < 1.29 is 24.1 Å². The van der Waals surface area contributed by atoms with E-state index in [9.17, 15) is 14.9 Å². The van der Waals surface area contributed by atoms with Gasteiger partial charge in [-0.3, -0.25) is 14.9 Å². The van der Waals surface area contributed by atoms with Crippen LogP contribution in [0.4, 0.5) is 11.4 Å². The number of rotatable bonds is 7. The molecule has 148 valence electrons. The Bertz CT molecular complexity index is 832. The predicted molar refractivity (Wildman–Crippen MR) is 104 cm³/mol. The number of carbonyl (C=O) groups is 1. The molecule has 0 bridgehead atoms. The lowest BCUT2D eigenvalue weighted by atomic mass is 10.1. The van der Waals surface area contributed by atoms with E-state index in [-0.39, 0.29) is 17.0 Å². The van der Waals surface area contributed by atoms with Crippen molar-refractivity contribution in [2.24, 2.45) is 0 Å². The summed E-state index contributed by atoms with van der Waals surface area (Å²) in [4.78, 5) is 24.6. The van der Waals surface area contributed by atoms with Crippen LogP contribution in [0.15, 0.2) is 42.5 Å². The monoisotopic (exact) mass is 386 g/mol. The standard InChI is InChI=1S/C20H23N3O5/c1-2-28-19-8-5-16(13-18(19)23(25)26)20(24)21-17-6-3-15(4-7-17)14-22-9-11-27-12-10-22/h3-8,13H,2,9-12,14H2,1H3,(H,21,24)/p+1. The summed E-state index contributed by atoms with van der Waals surface area (Å²) in [5.41, 5.74) is 1.81. The van der Waals surface area contributed by atoms with Crippen LogP contribution in [-0.2, 0) is 11.3 Å². The van der Waals surface area contributed by atoms with Crippen molar-refractivity contribution in [1.29, 1.82) is 0 Å². The first-order valence-corrected chi connectivity index (χ1v) is 9.29. The Morgan fingerprint density at radius 3 is 2.57 bits per heavy atom. The third kappa shape index (κ3) is 5.05. The van der Waals surface area contributed by atoms with Crippen LogP contribution in [0.2, 0.25) is 0 Å². The molecule has 2 N–H and O–H groups in total. The maximum absolute atomic E-state index is 12.5. The van der Waals surface area contributed by atoms with Crippen LogP contribution in [0.3, 0.4) is 0 Å². The van der Waals surface area contributed by atoms with Gasteiger partial charge in [0.25, 0.3) is 5.91 Å². The van der Waals surface area contributed by atoms with Gasteiger partial charge in [0.2, 0.25) is 0 Å². The van der Waals surface area contributed by atoms with Gasteiger partial charge in [0, 0.05) is 22.9 Å². The number of nitro benzene ring substituents is 1. The smallest absolute Gasteiger partial charge is 0.311 e. The second-order valence-corrected chi connectivity index (χ2v) is 6.56. The molecule has 0 spiro atoms. The van der Waals surface area contributed by atoms with E-state index in [2.05, 4.69) is 5.32 Å². The third-order valence-corrected chi connectivity index (χ3v) is 4.58. The number of quaternary nitrogens is 1. The van der Waals surface area contributed by atoms with Crippen LogP contribution in [0, 0.1) is 10.1 Å². The van der Waals surface area contributed by atoms with E-state index >= 15 is 0 Å². The average Bonchev–Trinajstić information content (AvgIpc) is 2.70. The lowest BCUT2D eigenvalue weighted by Gasteiger charge is -2.23. The maximum Gasteiger partial charge on any atom is 0.311 e. The molecule has 1 fully saturated rings. The highest BCUT2D eigenvalue weighted by Crippen LogP contribution is 2.28. The first-order valence-electron chi connectivity index (χ1n) is 9.29. The highest BCUT2D eigenvalue weighted by Gasteiger charge is 2.19. The van der Waals surface area contributed by atoms with Gasteiger partial charge < -0.3 is 19.7 Å². The average molecular weight is 386 g/mol. The summed E-state index contributed by atoms with van der Waals surface area (Å²) in [6.45, 7) is 6.54. The first kappa shape index (κ1) is 19.8. The molecule has 0 unspecified atom stereocenters. The second-order valence-electron chi connectivity index (χ2n) is 6.56. The molecule has 0 radical (unpaired) electrons. The normalized spacial score (nSPS) is 14.5. The summed E-state index contributed by atoms with van der Waals surface area (Å²) in [6.07, 6.45) is 0. The fourth-order valence-electron chi connectivity index (χ4n) is 3.11. The van der Waals surface area contributed by atoms with Gasteiger partial charge in [0.15, 0.2) is 5.75 Å². The molecular weight excluding hydrogens is 362 g/mol. The van der Waals surface area contributed by atoms with Crippen LogP contribution in [0.25, 0.3) is 0 Å². The molecular formula is C20H24N3O5+. The maximum atomic E-state index is 12.5. The lowest BCUT2D eigenvalue weighted by Crippen LogP contribution is -3.12. The largest absolute Gasteiger partial charge is 0.487 e. The van der Waals surface area contributed by atoms with Gasteiger partial charge in [-0.25, -0.2) is 0 Å². The molecule has 1 amide bonds. The van der Waals surface area contributed by atoms with Gasteiger partial charge in [0.05, 0.1) is 24.7 Å². The van der Waals surface area contributed by atoms with Crippen molar-refractivity contribution in [3.05, 3.63) is 63.7 Å². The first-order chi connectivity index (χ1) is 13.6. The number of nitrogens with one attached hydrogen (secondary N) is 2. The molecule has 2 aromatic rings. The van der Waals surface area contributed by atoms with E-state index in [1.54, 1.807) is 6.92 Å². The van der Waals surface area contributed by atoms with Gasteiger partial charge in [-0.05, 0) is 31.2 Å². The van der Waals surface area contributed by atoms with E-state index in [1.165, 1.54) is 28.7 Å². The van der Waals surface area contributed by atoms with Crippen molar-refractivity contribution >= 4 is 17.3 Å². The molecule has 0 aliphatic carbocycles. The Labute approximate surface area is 163 Å². The minimum atomic E-state index is -0.551. The number of benzene rings is 2. The predicted octanol–water partition coefficient (Wildman–Crippen LogP) is 1.66. The fourth-order valence-corrected chi connectivity index (χ4v) is 3.11. The molecule has 1 aliphatic rings. The molecule has 8 nitrogen and oxygen atoms in total. The molecule has 0 atom stereocenters. The van der Waals surface area contributed by atoms with Crippen LogP contribution >= 0.6 is 0 Å². The number of carbonyl (C=O) groups excluding carboxylic acids is 1. The number of amides is 1. The van der Waals surface area contributed by atoms with Crippen molar-refractivity contribution in [2.75, 3.05) is 38.2 Å². The fraction of sp³-hybridized carbons (Fsp3) is 0.350. The molecule has 1 aliphatic heterocycles. The van der Waals surface area contributed by atoms with E-state index in [1.807, 2.05) is 24.3 Å². The van der Waals surface area contributed by atoms with Crippen LogP contribution < -0.4 is 15.0 Å². The van der Waals surface area contributed by atoms with Crippen molar-refractivity contribution in [1.82, 2.24) is 0 Å².